The van der Waals surface area contributed by atoms with Gasteiger partial charge in [0.25, 0.3) is 10.0 Å². The molecule has 0 atom stereocenters. The first kappa shape index (κ1) is 17.1. The number of hydrogen-bond donors (Lipinski definition) is 2. The van der Waals surface area contributed by atoms with Crippen molar-refractivity contribution in [2.45, 2.75) is 57.6 Å². The van der Waals surface area contributed by atoms with Crippen LogP contribution in [-0.4, -0.2) is 30.1 Å². The Bertz CT molecular complexity index is 510. The maximum Gasteiger partial charge on any atom is 0.260 e. The zero-order chi connectivity index (χ0) is 15.4. The van der Waals surface area contributed by atoms with Crippen LogP contribution in [0.3, 0.4) is 0 Å². The van der Waals surface area contributed by atoms with Gasteiger partial charge >= 0.3 is 0 Å². The van der Waals surface area contributed by atoms with Crippen LogP contribution in [0.2, 0.25) is 0 Å². The van der Waals surface area contributed by atoms with Crippen LogP contribution < -0.4 is 10.5 Å². The van der Waals surface area contributed by atoms with Crippen LogP contribution in [0.25, 0.3) is 0 Å². The summed E-state index contributed by atoms with van der Waals surface area (Å²) in [5.74, 6) is 0.433. The van der Waals surface area contributed by atoms with E-state index in [2.05, 4.69) is 23.6 Å². The van der Waals surface area contributed by atoms with Gasteiger partial charge in [0.05, 0.1) is 6.33 Å². The van der Waals surface area contributed by atoms with Crippen LogP contribution in [-0.2, 0) is 16.6 Å². The summed E-state index contributed by atoms with van der Waals surface area (Å²) in [4.78, 5) is 4.00. The maximum absolute atomic E-state index is 12.4. The fraction of sp³-hybridized carbons (Fsp3) is 0.769. The average Bonchev–Trinajstić information content (AvgIpc) is 2.84. The van der Waals surface area contributed by atoms with Crippen LogP contribution in [0.4, 0.5) is 0 Å². The lowest BCUT2D eigenvalue weighted by Crippen LogP contribution is -2.52. The van der Waals surface area contributed by atoms with E-state index < -0.39 is 15.6 Å². The maximum atomic E-state index is 12.4. The molecule has 1 rings (SSSR count). The quantitative estimate of drug-likeness (QED) is 0.758. The molecule has 0 spiro atoms. The fourth-order valence-corrected chi connectivity index (χ4v) is 3.57. The van der Waals surface area contributed by atoms with E-state index >= 15 is 0 Å². The monoisotopic (exact) mass is 302 g/mol. The molecule has 6 nitrogen and oxygen atoms in total. The molecule has 0 aliphatic rings. The molecular formula is C13H26N4O2S. The first-order valence-electron chi connectivity index (χ1n) is 7.04. The topological polar surface area (TPSA) is 90.0 Å². The minimum Gasteiger partial charge on any atom is -0.336 e. The largest absolute Gasteiger partial charge is 0.336 e. The molecule has 1 aromatic heterocycles. The zero-order valence-electron chi connectivity index (χ0n) is 12.8. The third-order valence-corrected chi connectivity index (χ3v) is 5.02. The van der Waals surface area contributed by atoms with Crippen LogP contribution in [0.15, 0.2) is 17.6 Å². The molecular weight excluding hydrogens is 276 g/mol. The van der Waals surface area contributed by atoms with Crippen molar-refractivity contribution in [3.8, 4) is 0 Å². The van der Waals surface area contributed by atoms with Crippen LogP contribution >= 0.6 is 0 Å². The summed E-state index contributed by atoms with van der Waals surface area (Å²) in [6, 6.07) is 0. The third kappa shape index (κ3) is 4.04. The molecule has 0 saturated heterocycles. The summed E-state index contributed by atoms with van der Waals surface area (Å²) in [5, 5.41) is 0.0536. The van der Waals surface area contributed by atoms with E-state index in [1.165, 1.54) is 0 Å². The lowest BCUT2D eigenvalue weighted by molar-refractivity contribution is 0.362. The molecule has 7 heteroatoms. The van der Waals surface area contributed by atoms with Crippen LogP contribution in [0, 0.1) is 5.92 Å². The summed E-state index contributed by atoms with van der Waals surface area (Å²) in [6.45, 7) is 9.00. The number of rotatable bonds is 8. The molecule has 0 aliphatic heterocycles. The molecule has 0 fully saturated rings. The van der Waals surface area contributed by atoms with Gasteiger partial charge in [0.15, 0.2) is 5.03 Å². The molecule has 20 heavy (non-hydrogen) atoms. The van der Waals surface area contributed by atoms with E-state index in [4.69, 9.17) is 5.73 Å². The van der Waals surface area contributed by atoms with E-state index in [0.717, 1.165) is 6.54 Å². The minimum atomic E-state index is -3.63. The van der Waals surface area contributed by atoms with Gasteiger partial charge in [-0.1, -0.05) is 27.7 Å². The Morgan fingerprint density at radius 1 is 1.40 bits per heavy atom. The van der Waals surface area contributed by atoms with Crippen molar-refractivity contribution < 1.29 is 8.42 Å². The van der Waals surface area contributed by atoms with Crippen LogP contribution in [0.1, 0.15) is 40.5 Å². The standard InChI is InChI=1S/C13H26N4O2S/c1-5-13(6-2,9-14)16-20(18,19)12-8-17(10-15-12)7-11(3)4/h8,10-11,16H,5-7,9,14H2,1-4H3. The first-order valence-corrected chi connectivity index (χ1v) is 8.52. The number of nitrogens with zero attached hydrogens (tertiary/aromatic N) is 2. The van der Waals surface area contributed by atoms with Gasteiger partial charge in [0.2, 0.25) is 0 Å². The number of aromatic nitrogens is 2. The molecule has 0 unspecified atom stereocenters. The van der Waals surface area contributed by atoms with Crippen molar-refractivity contribution in [2.24, 2.45) is 11.7 Å². The number of sulfonamides is 1. The molecule has 3 N–H and O–H groups in total. The van der Waals surface area contributed by atoms with Gasteiger partial charge < -0.3 is 10.3 Å². The summed E-state index contributed by atoms with van der Waals surface area (Å²) in [6.07, 6.45) is 4.41. The second kappa shape index (κ2) is 6.69. The van der Waals surface area contributed by atoms with Crippen molar-refractivity contribution in [3.63, 3.8) is 0 Å². The third-order valence-electron chi connectivity index (χ3n) is 3.56. The Morgan fingerprint density at radius 2 is 2.00 bits per heavy atom. The normalized spacial score (nSPS) is 13.1. The second-order valence-electron chi connectivity index (χ2n) is 5.60. The fourth-order valence-electron chi connectivity index (χ4n) is 2.06. The lowest BCUT2D eigenvalue weighted by atomic mass is 9.95. The highest BCUT2D eigenvalue weighted by atomic mass is 32.2. The highest BCUT2D eigenvalue weighted by molar-refractivity contribution is 7.89. The van der Waals surface area contributed by atoms with Gasteiger partial charge in [-0.25, -0.2) is 18.1 Å². The van der Waals surface area contributed by atoms with Gasteiger partial charge in [-0.3, -0.25) is 0 Å². The van der Waals surface area contributed by atoms with E-state index in [1.54, 1.807) is 17.1 Å². The smallest absolute Gasteiger partial charge is 0.260 e. The average molecular weight is 302 g/mol. The predicted octanol–water partition coefficient (Wildman–Crippen LogP) is 1.33. The summed E-state index contributed by atoms with van der Waals surface area (Å²) >= 11 is 0. The number of hydrogen-bond acceptors (Lipinski definition) is 4. The SMILES string of the molecule is CCC(CC)(CN)NS(=O)(=O)c1cn(CC(C)C)cn1. The summed E-state index contributed by atoms with van der Waals surface area (Å²) < 4.78 is 29.3. The second-order valence-corrected chi connectivity index (χ2v) is 7.23. The Kier molecular flexibility index (Phi) is 5.73. The Balaban J connectivity index is 2.96. The molecule has 0 aromatic carbocycles. The van der Waals surface area contributed by atoms with E-state index in [0.29, 0.717) is 18.8 Å². The van der Waals surface area contributed by atoms with E-state index in [1.807, 2.05) is 13.8 Å². The molecule has 0 radical (unpaired) electrons. The van der Waals surface area contributed by atoms with Crippen molar-refractivity contribution in [1.82, 2.24) is 14.3 Å². The Morgan fingerprint density at radius 3 is 2.45 bits per heavy atom. The van der Waals surface area contributed by atoms with Crippen molar-refractivity contribution in [1.29, 1.82) is 0 Å². The molecule has 0 amide bonds. The predicted molar refractivity (Wildman–Crippen MR) is 79.8 cm³/mol. The molecule has 1 aromatic rings. The molecule has 0 bridgehead atoms. The highest BCUT2D eigenvalue weighted by Crippen LogP contribution is 2.18. The summed E-state index contributed by atoms with van der Waals surface area (Å²) in [5.41, 5.74) is 5.14. The first-order chi connectivity index (χ1) is 9.28. The minimum absolute atomic E-state index is 0.0536. The van der Waals surface area contributed by atoms with Gasteiger partial charge in [0.1, 0.15) is 0 Å². The van der Waals surface area contributed by atoms with Crippen molar-refractivity contribution in [3.05, 3.63) is 12.5 Å². The van der Waals surface area contributed by atoms with Crippen molar-refractivity contribution >= 4 is 10.0 Å². The van der Waals surface area contributed by atoms with Gasteiger partial charge in [-0.2, -0.15) is 0 Å². The molecule has 0 aliphatic carbocycles. The Labute approximate surface area is 121 Å². The number of imidazole rings is 1. The summed E-state index contributed by atoms with van der Waals surface area (Å²) in [7, 11) is -3.63. The Hall–Kier alpha value is -0.920. The zero-order valence-corrected chi connectivity index (χ0v) is 13.6. The van der Waals surface area contributed by atoms with Crippen molar-refractivity contribution in [2.75, 3.05) is 6.54 Å². The van der Waals surface area contributed by atoms with Gasteiger partial charge in [-0.05, 0) is 18.8 Å². The molecule has 116 valence electrons. The highest BCUT2D eigenvalue weighted by Gasteiger charge is 2.31. The number of nitrogens with two attached hydrogens (primary N) is 1. The van der Waals surface area contributed by atoms with E-state index in [9.17, 15) is 8.42 Å². The van der Waals surface area contributed by atoms with Gasteiger partial charge in [-0.15, -0.1) is 0 Å². The van der Waals surface area contributed by atoms with Gasteiger partial charge in [0, 0.05) is 24.8 Å². The molecule has 0 saturated carbocycles. The van der Waals surface area contributed by atoms with Crippen LogP contribution in [0.5, 0.6) is 0 Å². The number of nitrogens with one attached hydrogen (secondary N) is 1. The molecule has 1 heterocycles. The van der Waals surface area contributed by atoms with E-state index in [-0.39, 0.29) is 11.6 Å². The lowest BCUT2D eigenvalue weighted by Gasteiger charge is -2.30.